The van der Waals surface area contributed by atoms with Crippen molar-refractivity contribution >= 4 is 18.2 Å². The fourth-order valence-corrected chi connectivity index (χ4v) is 2.88. The Morgan fingerprint density at radius 2 is 2.08 bits per heavy atom. The predicted octanol–water partition coefficient (Wildman–Crippen LogP) is 2.17. The van der Waals surface area contributed by atoms with Gasteiger partial charge in [0.15, 0.2) is 6.10 Å². The third-order valence-electron chi connectivity index (χ3n) is 4.12. The lowest BCUT2D eigenvalue weighted by atomic mass is 10.1. The summed E-state index contributed by atoms with van der Waals surface area (Å²) in [6.07, 6.45) is -0.0358. The van der Waals surface area contributed by atoms with Crippen molar-refractivity contribution in [3.63, 3.8) is 0 Å². The van der Waals surface area contributed by atoms with Gasteiger partial charge >= 0.3 is 0 Å². The molecule has 1 saturated heterocycles. The number of amides is 3. The Labute approximate surface area is 142 Å². The third-order valence-corrected chi connectivity index (χ3v) is 4.12. The summed E-state index contributed by atoms with van der Waals surface area (Å²) in [5, 5.41) is 0.635. The molecule has 0 bridgehead atoms. The van der Waals surface area contributed by atoms with E-state index in [1.54, 1.807) is 30.0 Å². The zero-order chi connectivity index (χ0) is 17.9. The van der Waals surface area contributed by atoms with Crippen molar-refractivity contribution < 1.29 is 19.2 Å². The van der Waals surface area contributed by atoms with Crippen LogP contribution < -0.4 is 0 Å². The minimum atomic E-state index is -0.808. The summed E-state index contributed by atoms with van der Waals surface area (Å²) in [6.45, 7) is 8.43. The van der Waals surface area contributed by atoms with Crippen molar-refractivity contribution in [2.45, 2.75) is 46.3 Å². The molecule has 1 heterocycles. The number of carbonyl (C=O) groups is 3. The summed E-state index contributed by atoms with van der Waals surface area (Å²) in [5.74, 6) is -0.405. The topological polar surface area (TPSA) is 66.9 Å². The molecule has 130 valence electrons. The minimum Gasteiger partial charge on any atom is -0.337 e. The van der Waals surface area contributed by atoms with Crippen molar-refractivity contribution in [3.8, 4) is 0 Å². The first kappa shape index (κ1) is 18.1. The van der Waals surface area contributed by atoms with Gasteiger partial charge < -0.3 is 4.90 Å². The van der Waals surface area contributed by atoms with Gasteiger partial charge in [0, 0.05) is 24.6 Å². The van der Waals surface area contributed by atoms with Gasteiger partial charge in [-0.05, 0) is 31.4 Å². The number of benzene rings is 1. The van der Waals surface area contributed by atoms with Crippen molar-refractivity contribution in [2.24, 2.45) is 5.92 Å². The van der Waals surface area contributed by atoms with Crippen molar-refractivity contribution in [1.82, 2.24) is 9.96 Å². The Morgan fingerprint density at radius 1 is 1.42 bits per heavy atom. The predicted molar refractivity (Wildman–Crippen MR) is 88.9 cm³/mol. The molecule has 3 amide bonds. The SMILES string of the molecule is Cc1ccccc1C(=O)N(C=O)OC1CC(C)N(CC(C)C)C1=O. The van der Waals surface area contributed by atoms with Crippen LogP contribution in [0.15, 0.2) is 24.3 Å². The summed E-state index contributed by atoms with van der Waals surface area (Å²) in [7, 11) is 0. The van der Waals surface area contributed by atoms with Crippen LogP contribution in [0.1, 0.15) is 43.1 Å². The zero-order valence-corrected chi connectivity index (χ0v) is 14.6. The van der Waals surface area contributed by atoms with Gasteiger partial charge in [0.05, 0.1) is 0 Å². The van der Waals surface area contributed by atoms with Crippen LogP contribution in [0.2, 0.25) is 0 Å². The molecule has 0 aromatic heterocycles. The molecule has 0 N–H and O–H groups in total. The molecule has 1 aliphatic heterocycles. The first-order valence-corrected chi connectivity index (χ1v) is 8.16. The summed E-state index contributed by atoms with van der Waals surface area (Å²) in [4.78, 5) is 43.5. The molecule has 2 rings (SSSR count). The summed E-state index contributed by atoms with van der Waals surface area (Å²) in [6, 6.07) is 6.96. The number of aryl methyl sites for hydroxylation is 1. The summed E-state index contributed by atoms with van der Waals surface area (Å²) in [5.41, 5.74) is 1.12. The normalized spacial score (nSPS) is 20.5. The number of imide groups is 1. The molecule has 2 unspecified atom stereocenters. The van der Waals surface area contributed by atoms with Gasteiger partial charge in [-0.3, -0.25) is 14.4 Å². The van der Waals surface area contributed by atoms with Gasteiger partial charge in [0.25, 0.3) is 11.8 Å². The largest absolute Gasteiger partial charge is 0.337 e. The quantitative estimate of drug-likeness (QED) is 0.591. The van der Waals surface area contributed by atoms with Gasteiger partial charge in [-0.25, -0.2) is 4.84 Å². The van der Waals surface area contributed by atoms with E-state index in [1.807, 2.05) is 26.8 Å². The van der Waals surface area contributed by atoms with Crippen LogP contribution in [-0.4, -0.2) is 46.9 Å². The van der Waals surface area contributed by atoms with Crippen LogP contribution in [0.3, 0.4) is 0 Å². The highest BCUT2D eigenvalue weighted by molar-refractivity contribution is 6.00. The lowest BCUT2D eigenvalue weighted by Gasteiger charge is -2.23. The second kappa shape index (κ2) is 7.57. The van der Waals surface area contributed by atoms with E-state index in [9.17, 15) is 14.4 Å². The third kappa shape index (κ3) is 3.82. The standard InChI is InChI=1S/C18H24N2O4/c1-12(2)10-19-14(4)9-16(18(19)23)24-20(11-21)17(22)15-8-6-5-7-13(15)3/h5-8,11-12,14,16H,9-10H2,1-4H3. The highest BCUT2D eigenvalue weighted by Gasteiger charge is 2.40. The fraction of sp³-hybridized carbons (Fsp3) is 0.500. The Morgan fingerprint density at radius 3 is 2.67 bits per heavy atom. The minimum absolute atomic E-state index is 0.0203. The monoisotopic (exact) mass is 332 g/mol. The van der Waals surface area contributed by atoms with E-state index >= 15 is 0 Å². The number of nitrogens with zero attached hydrogens (tertiary/aromatic N) is 2. The molecule has 24 heavy (non-hydrogen) atoms. The average molecular weight is 332 g/mol. The van der Waals surface area contributed by atoms with Crippen molar-refractivity contribution in [2.75, 3.05) is 6.54 Å². The van der Waals surface area contributed by atoms with Crippen LogP contribution in [0.5, 0.6) is 0 Å². The number of carbonyl (C=O) groups excluding carboxylic acids is 3. The van der Waals surface area contributed by atoms with Crippen LogP contribution in [0, 0.1) is 12.8 Å². The molecule has 1 aromatic carbocycles. The van der Waals surface area contributed by atoms with Gasteiger partial charge in [0.1, 0.15) is 0 Å². The molecule has 0 saturated carbocycles. The molecular weight excluding hydrogens is 308 g/mol. The van der Waals surface area contributed by atoms with E-state index in [0.717, 1.165) is 5.56 Å². The summed E-state index contributed by atoms with van der Waals surface area (Å²) < 4.78 is 0. The van der Waals surface area contributed by atoms with Gasteiger partial charge in [-0.2, -0.15) is 5.06 Å². The first-order valence-electron chi connectivity index (χ1n) is 8.16. The van der Waals surface area contributed by atoms with E-state index in [-0.39, 0.29) is 11.9 Å². The van der Waals surface area contributed by atoms with Crippen LogP contribution >= 0.6 is 0 Å². The second-order valence-corrected chi connectivity index (χ2v) is 6.61. The Hall–Kier alpha value is -2.21. The maximum Gasteiger partial charge on any atom is 0.284 e. The van der Waals surface area contributed by atoms with Gasteiger partial charge in [0.2, 0.25) is 6.41 Å². The van der Waals surface area contributed by atoms with Gasteiger partial charge in [-0.15, -0.1) is 0 Å². The first-order chi connectivity index (χ1) is 11.3. The Kier molecular flexibility index (Phi) is 5.72. The molecule has 6 nitrogen and oxygen atoms in total. The molecule has 0 aliphatic carbocycles. The number of likely N-dealkylation sites (tertiary alicyclic amines) is 1. The lowest BCUT2D eigenvalue weighted by molar-refractivity contribution is -0.178. The van der Waals surface area contributed by atoms with E-state index in [2.05, 4.69) is 0 Å². The molecule has 2 atom stereocenters. The van der Waals surface area contributed by atoms with E-state index in [1.165, 1.54) is 0 Å². The maximum absolute atomic E-state index is 12.5. The van der Waals surface area contributed by atoms with Crippen LogP contribution in [0.25, 0.3) is 0 Å². The zero-order valence-electron chi connectivity index (χ0n) is 14.6. The van der Waals surface area contributed by atoms with Crippen molar-refractivity contribution in [1.29, 1.82) is 0 Å². The smallest absolute Gasteiger partial charge is 0.284 e. The van der Waals surface area contributed by atoms with Crippen LogP contribution in [-0.2, 0) is 14.4 Å². The fourth-order valence-electron chi connectivity index (χ4n) is 2.88. The molecule has 0 spiro atoms. The summed E-state index contributed by atoms with van der Waals surface area (Å²) >= 11 is 0. The maximum atomic E-state index is 12.5. The second-order valence-electron chi connectivity index (χ2n) is 6.61. The van der Waals surface area contributed by atoms with Gasteiger partial charge in [-0.1, -0.05) is 32.0 Å². The molecular formula is C18H24N2O4. The number of hydroxylamine groups is 2. The lowest BCUT2D eigenvalue weighted by Crippen LogP contribution is -2.40. The molecule has 0 radical (unpaired) electrons. The van der Waals surface area contributed by atoms with E-state index in [0.29, 0.717) is 35.9 Å². The number of hydrogen-bond acceptors (Lipinski definition) is 4. The van der Waals surface area contributed by atoms with Crippen molar-refractivity contribution in [3.05, 3.63) is 35.4 Å². The van der Waals surface area contributed by atoms with Crippen LogP contribution in [0.4, 0.5) is 0 Å². The highest BCUT2D eigenvalue weighted by atomic mass is 16.7. The van der Waals surface area contributed by atoms with E-state index < -0.39 is 12.0 Å². The average Bonchev–Trinajstić information content (AvgIpc) is 2.79. The Bertz CT molecular complexity index is 629. The molecule has 6 heteroatoms. The molecule has 1 aromatic rings. The molecule has 1 aliphatic rings. The number of hydrogen-bond donors (Lipinski definition) is 0. The van der Waals surface area contributed by atoms with E-state index in [4.69, 9.17) is 4.84 Å². The molecule has 1 fully saturated rings. The Balaban J connectivity index is 2.11. The number of rotatable bonds is 6. The highest BCUT2D eigenvalue weighted by Crippen LogP contribution is 2.24.